The fourth-order valence-electron chi connectivity index (χ4n) is 4.05. The minimum Gasteiger partial charge on any atom is -0.462 e. The summed E-state index contributed by atoms with van der Waals surface area (Å²) in [6, 6.07) is 8.10. The van der Waals surface area contributed by atoms with E-state index in [1.807, 2.05) is 37.4 Å². The minimum atomic E-state index is -0.336. The second-order valence-electron chi connectivity index (χ2n) is 7.18. The van der Waals surface area contributed by atoms with E-state index in [2.05, 4.69) is 16.8 Å². The Morgan fingerprint density at radius 1 is 1.18 bits per heavy atom. The lowest BCUT2D eigenvalue weighted by Crippen LogP contribution is -2.35. The molecule has 1 aliphatic heterocycles. The number of Topliss-reactive ketones (excluding diaryl/α,β-unsaturated/α-hetero) is 1. The van der Waals surface area contributed by atoms with E-state index in [1.165, 1.54) is 4.88 Å². The predicted molar refractivity (Wildman–Crippen MR) is 112 cm³/mol. The summed E-state index contributed by atoms with van der Waals surface area (Å²) in [5.74, 6) is -0.342. The fourth-order valence-corrected chi connectivity index (χ4v) is 5.72. The van der Waals surface area contributed by atoms with Crippen LogP contribution in [0.25, 0.3) is 0 Å². The number of allylic oxidation sites excluding steroid dienone is 3. The van der Waals surface area contributed by atoms with Gasteiger partial charge in [-0.2, -0.15) is 0 Å². The highest BCUT2D eigenvalue weighted by Crippen LogP contribution is 2.47. The summed E-state index contributed by atoms with van der Waals surface area (Å²) >= 11 is 3.28. The zero-order valence-electron chi connectivity index (χ0n) is 16.0. The van der Waals surface area contributed by atoms with E-state index in [0.717, 1.165) is 34.7 Å². The Kier molecular flexibility index (Phi) is 5.51. The summed E-state index contributed by atoms with van der Waals surface area (Å²) < 4.78 is 5.46. The summed E-state index contributed by atoms with van der Waals surface area (Å²) in [6.07, 6.45) is 2.04. The van der Waals surface area contributed by atoms with Crippen LogP contribution in [0.15, 0.2) is 57.6 Å². The number of dihydropyridines is 1. The summed E-state index contributed by atoms with van der Waals surface area (Å²) in [5.41, 5.74) is 3.05. The van der Waals surface area contributed by atoms with Gasteiger partial charge in [0.05, 0.1) is 18.1 Å². The van der Waals surface area contributed by atoms with Gasteiger partial charge in [0.15, 0.2) is 5.78 Å². The lowest BCUT2D eigenvalue weighted by Gasteiger charge is -2.35. The maximum absolute atomic E-state index is 13.3. The average Bonchev–Trinajstić information content (AvgIpc) is 3.38. The van der Waals surface area contributed by atoms with E-state index >= 15 is 0 Å². The first-order valence-electron chi connectivity index (χ1n) is 9.58. The minimum absolute atomic E-state index is 0.124. The number of esters is 1. The van der Waals surface area contributed by atoms with E-state index in [0.29, 0.717) is 18.6 Å². The lowest BCUT2D eigenvalue weighted by molar-refractivity contribution is -0.139. The van der Waals surface area contributed by atoms with Crippen molar-refractivity contribution in [3.63, 3.8) is 0 Å². The number of thiophene rings is 2. The number of carbonyl (C=O) groups excluding carboxylic acids is 2. The molecule has 146 valence electrons. The standard InChI is InChI=1S/C22H23NO3S2/c1-3-8-26-22(25)19-13(2)23-15-11-14(17-6-4-9-27-17)12-16(24)20(15)21(19)18-7-5-10-28-18/h4-7,9-10,14,21,23H,3,8,11-12H2,1-2H3/t14-,21+/m1/s1. The third kappa shape index (κ3) is 3.47. The number of ether oxygens (including phenoxy) is 1. The van der Waals surface area contributed by atoms with Crippen LogP contribution in [-0.2, 0) is 14.3 Å². The van der Waals surface area contributed by atoms with Crippen LogP contribution in [0.2, 0.25) is 0 Å². The summed E-state index contributed by atoms with van der Waals surface area (Å²) in [7, 11) is 0. The molecule has 3 heterocycles. The molecule has 0 unspecified atom stereocenters. The highest BCUT2D eigenvalue weighted by atomic mass is 32.1. The van der Waals surface area contributed by atoms with Gasteiger partial charge in [-0.1, -0.05) is 19.1 Å². The monoisotopic (exact) mass is 413 g/mol. The molecule has 28 heavy (non-hydrogen) atoms. The molecule has 0 saturated carbocycles. The van der Waals surface area contributed by atoms with Crippen LogP contribution in [0.1, 0.15) is 54.7 Å². The van der Waals surface area contributed by atoms with Crippen LogP contribution in [-0.4, -0.2) is 18.4 Å². The molecule has 0 fully saturated rings. The SMILES string of the molecule is CCCOC(=O)C1=C(C)NC2=C(C(=O)C[C@H](c3cccs3)C2)[C@H]1c1cccs1. The molecule has 0 aromatic carbocycles. The molecule has 0 amide bonds. The molecule has 2 aromatic heterocycles. The van der Waals surface area contributed by atoms with Gasteiger partial charge in [0.1, 0.15) is 0 Å². The Balaban J connectivity index is 1.75. The normalized spacial score (nSPS) is 22.1. The molecule has 0 radical (unpaired) electrons. The number of rotatable bonds is 5. The van der Waals surface area contributed by atoms with Crippen molar-refractivity contribution in [2.75, 3.05) is 6.61 Å². The molecule has 2 aliphatic rings. The van der Waals surface area contributed by atoms with Crippen LogP contribution >= 0.6 is 22.7 Å². The number of hydrogen-bond acceptors (Lipinski definition) is 6. The third-order valence-electron chi connectivity index (χ3n) is 5.26. The van der Waals surface area contributed by atoms with Crippen molar-refractivity contribution in [1.82, 2.24) is 5.32 Å². The second-order valence-corrected chi connectivity index (χ2v) is 9.14. The van der Waals surface area contributed by atoms with Crippen molar-refractivity contribution in [3.8, 4) is 0 Å². The molecule has 6 heteroatoms. The number of nitrogens with one attached hydrogen (secondary N) is 1. The van der Waals surface area contributed by atoms with Crippen LogP contribution in [0.3, 0.4) is 0 Å². The maximum atomic E-state index is 13.3. The van der Waals surface area contributed by atoms with Crippen molar-refractivity contribution in [1.29, 1.82) is 0 Å². The van der Waals surface area contributed by atoms with Gasteiger partial charge in [0.25, 0.3) is 0 Å². The Morgan fingerprint density at radius 3 is 2.54 bits per heavy atom. The Labute approximate surface area is 172 Å². The summed E-state index contributed by atoms with van der Waals surface area (Å²) in [5, 5.41) is 7.43. The first-order valence-corrected chi connectivity index (χ1v) is 11.3. The van der Waals surface area contributed by atoms with Gasteiger partial charge >= 0.3 is 5.97 Å². The van der Waals surface area contributed by atoms with Crippen molar-refractivity contribution in [3.05, 3.63) is 67.3 Å². The topological polar surface area (TPSA) is 55.4 Å². The van der Waals surface area contributed by atoms with E-state index in [-0.39, 0.29) is 23.6 Å². The Bertz CT molecular complexity index is 939. The molecule has 4 nitrogen and oxygen atoms in total. The molecule has 4 rings (SSSR count). The van der Waals surface area contributed by atoms with Crippen LogP contribution < -0.4 is 5.32 Å². The molecule has 2 aromatic rings. The first kappa shape index (κ1) is 19.2. The molecule has 1 N–H and O–H groups in total. The molecule has 2 atom stereocenters. The van der Waals surface area contributed by atoms with Crippen LogP contribution in [0.4, 0.5) is 0 Å². The molecular weight excluding hydrogens is 390 g/mol. The summed E-state index contributed by atoms with van der Waals surface area (Å²) in [6.45, 7) is 4.26. The number of carbonyl (C=O) groups is 2. The van der Waals surface area contributed by atoms with Crippen molar-refractivity contribution in [2.45, 2.75) is 44.9 Å². The molecule has 1 aliphatic carbocycles. The molecular formula is C22H23NO3S2. The van der Waals surface area contributed by atoms with Gasteiger partial charge in [0.2, 0.25) is 0 Å². The van der Waals surface area contributed by atoms with Gasteiger partial charge < -0.3 is 10.1 Å². The second kappa shape index (κ2) is 8.05. The lowest BCUT2D eigenvalue weighted by atomic mass is 9.74. The molecule has 0 bridgehead atoms. The maximum Gasteiger partial charge on any atom is 0.336 e. The zero-order chi connectivity index (χ0) is 19.7. The highest BCUT2D eigenvalue weighted by Gasteiger charge is 2.41. The largest absolute Gasteiger partial charge is 0.462 e. The fraction of sp³-hybridized carbons (Fsp3) is 0.364. The molecule has 0 spiro atoms. The van der Waals surface area contributed by atoms with Crippen LogP contribution in [0, 0.1) is 0 Å². The Morgan fingerprint density at radius 2 is 1.89 bits per heavy atom. The van der Waals surface area contributed by atoms with Crippen molar-refractivity contribution < 1.29 is 14.3 Å². The van der Waals surface area contributed by atoms with Gasteiger partial charge in [-0.15, -0.1) is 22.7 Å². The smallest absolute Gasteiger partial charge is 0.336 e. The van der Waals surface area contributed by atoms with E-state index < -0.39 is 0 Å². The average molecular weight is 414 g/mol. The number of ketones is 1. The van der Waals surface area contributed by atoms with Crippen molar-refractivity contribution >= 4 is 34.4 Å². The molecule has 0 saturated heterocycles. The van der Waals surface area contributed by atoms with Crippen LogP contribution in [0.5, 0.6) is 0 Å². The predicted octanol–water partition coefficient (Wildman–Crippen LogP) is 5.12. The van der Waals surface area contributed by atoms with E-state index in [4.69, 9.17) is 4.74 Å². The van der Waals surface area contributed by atoms with E-state index in [1.54, 1.807) is 22.7 Å². The quantitative estimate of drug-likeness (QED) is 0.691. The Hall–Kier alpha value is -2.18. The van der Waals surface area contributed by atoms with Gasteiger partial charge in [-0.05, 0) is 42.7 Å². The van der Waals surface area contributed by atoms with Crippen molar-refractivity contribution in [2.24, 2.45) is 0 Å². The first-order chi connectivity index (χ1) is 13.6. The summed E-state index contributed by atoms with van der Waals surface area (Å²) in [4.78, 5) is 28.4. The van der Waals surface area contributed by atoms with Gasteiger partial charge in [0, 0.05) is 39.1 Å². The van der Waals surface area contributed by atoms with Gasteiger partial charge in [-0.25, -0.2) is 4.79 Å². The zero-order valence-corrected chi connectivity index (χ0v) is 17.6. The third-order valence-corrected chi connectivity index (χ3v) is 7.23. The van der Waals surface area contributed by atoms with Gasteiger partial charge in [-0.3, -0.25) is 4.79 Å². The highest BCUT2D eigenvalue weighted by molar-refractivity contribution is 7.10. The number of hydrogen-bond donors (Lipinski definition) is 1. The van der Waals surface area contributed by atoms with E-state index in [9.17, 15) is 9.59 Å².